The van der Waals surface area contributed by atoms with E-state index in [0.29, 0.717) is 27.6 Å². The second-order valence-corrected chi connectivity index (χ2v) is 7.31. The summed E-state index contributed by atoms with van der Waals surface area (Å²) in [6.45, 7) is 0.0199. The number of hydrogen-bond acceptors (Lipinski definition) is 4. The number of aromatic nitrogens is 1. The van der Waals surface area contributed by atoms with Crippen molar-refractivity contribution in [2.45, 2.75) is 6.54 Å². The molecule has 1 amide bonds. The maximum absolute atomic E-state index is 12.8. The summed E-state index contributed by atoms with van der Waals surface area (Å²) in [6.07, 6.45) is 1.46. The Kier molecular flexibility index (Phi) is 5.09. The predicted molar refractivity (Wildman–Crippen MR) is 126 cm³/mol. The van der Waals surface area contributed by atoms with Crippen LogP contribution in [0, 0.1) is 0 Å². The molecule has 5 rings (SSSR count). The van der Waals surface area contributed by atoms with Crippen LogP contribution in [0.4, 0.5) is 0 Å². The first-order valence-electron chi connectivity index (χ1n) is 10.2. The molecule has 156 valence electrons. The lowest BCUT2D eigenvalue weighted by atomic mass is 10.1. The topological polar surface area (TPSA) is 76.6 Å². The smallest absolute Gasteiger partial charge is 0.260 e. The fourth-order valence-corrected chi connectivity index (χ4v) is 3.77. The highest BCUT2D eigenvalue weighted by Gasteiger charge is 2.12. The molecule has 2 heterocycles. The van der Waals surface area contributed by atoms with Crippen molar-refractivity contribution >= 4 is 33.9 Å². The average molecular weight is 421 g/mol. The van der Waals surface area contributed by atoms with Gasteiger partial charge in [0.05, 0.1) is 17.2 Å². The Balaban J connectivity index is 1.37. The molecule has 0 bridgehead atoms. The Labute approximate surface area is 183 Å². The van der Waals surface area contributed by atoms with Crippen LogP contribution in [0.2, 0.25) is 0 Å². The van der Waals surface area contributed by atoms with Gasteiger partial charge in [-0.3, -0.25) is 9.59 Å². The Bertz CT molecular complexity index is 1450. The molecule has 0 unspecified atom stereocenters. The summed E-state index contributed by atoms with van der Waals surface area (Å²) in [5.41, 5.74) is 4.87. The van der Waals surface area contributed by atoms with E-state index < -0.39 is 0 Å². The third-order valence-electron chi connectivity index (χ3n) is 5.25. The molecule has 0 aliphatic heterocycles. The summed E-state index contributed by atoms with van der Waals surface area (Å²) in [4.78, 5) is 25.5. The van der Waals surface area contributed by atoms with E-state index in [0.717, 1.165) is 11.3 Å². The summed E-state index contributed by atoms with van der Waals surface area (Å²) in [6, 6.07) is 28.0. The van der Waals surface area contributed by atoms with Gasteiger partial charge in [-0.1, -0.05) is 54.6 Å². The largest absolute Gasteiger partial charge is 0.455 e. The molecule has 3 aromatic carbocycles. The third-order valence-corrected chi connectivity index (χ3v) is 5.25. The minimum Gasteiger partial charge on any atom is -0.455 e. The molecule has 6 heteroatoms. The monoisotopic (exact) mass is 421 g/mol. The van der Waals surface area contributed by atoms with E-state index in [9.17, 15) is 9.59 Å². The fourth-order valence-electron chi connectivity index (χ4n) is 3.77. The van der Waals surface area contributed by atoms with Gasteiger partial charge in [-0.25, -0.2) is 5.43 Å². The van der Waals surface area contributed by atoms with Gasteiger partial charge < -0.3 is 8.98 Å². The quantitative estimate of drug-likeness (QED) is 0.257. The maximum Gasteiger partial charge on any atom is 0.260 e. The fraction of sp³-hybridized carbons (Fsp3) is 0.0385. The summed E-state index contributed by atoms with van der Waals surface area (Å²) >= 11 is 0. The highest BCUT2D eigenvalue weighted by atomic mass is 16.3. The Morgan fingerprint density at radius 3 is 2.16 bits per heavy atom. The van der Waals surface area contributed by atoms with Crippen LogP contribution in [-0.2, 0) is 11.3 Å². The van der Waals surface area contributed by atoms with Gasteiger partial charge in [0.2, 0.25) is 0 Å². The molecule has 0 fully saturated rings. The normalized spacial score (nSPS) is 11.4. The minimum absolute atomic E-state index is 0.0199. The zero-order valence-corrected chi connectivity index (χ0v) is 17.1. The molecule has 0 spiro atoms. The van der Waals surface area contributed by atoms with Gasteiger partial charge >= 0.3 is 0 Å². The first-order chi connectivity index (χ1) is 15.7. The third kappa shape index (κ3) is 3.70. The zero-order valence-electron chi connectivity index (χ0n) is 17.1. The Morgan fingerprint density at radius 2 is 1.47 bits per heavy atom. The van der Waals surface area contributed by atoms with Crippen LogP contribution in [0.15, 0.2) is 105 Å². The second-order valence-electron chi connectivity index (χ2n) is 7.31. The first kappa shape index (κ1) is 19.5. The predicted octanol–water partition coefficient (Wildman–Crippen LogP) is 4.57. The van der Waals surface area contributed by atoms with E-state index in [4.69, 9.17) is 4.42 Å². The van der Waals surface area contributed by atoms with E-state index in [1.54, 1.807) is 18.2 Å². The van der Waals surface area contributed by atoms with Crippen molar-refractivity contribution in [1.29, 1.82) is 0 Å². The number of furan rings is 1. The Hall–Kier alpha value is -4.45. The highest BCUT2D eigenvalue weighted by Crippen LogP contribution is 2.21. The molecular formula is C26H19N3O3. The van der Waals surface area contributed by atoms with Gasteiger partial charge in [-0.15, -0.1) is 0 Å². The number of rotatable bonds is 5. The van der Waals surface area contributed by atoms with E-state index in [-0.39, 0.29) is 17.9 Å². The number of nitrogens with one attached hydrogen (secondary N) is 1. The standard InChI is InChI=1S/C26H19N3O3/c30-25(28-27-16-19-14-15-24(32-19)18-8-2-1-3-9-18)17-29-22-12-6-4-10-20(22)26(31)21-11-5-7-13-23(21)29/h1-16H,17H2,(H,28,30)/b27-16-. The lowest BCUT2D eigenvalue weighted by molar-refractivity contribution is -0.121. The molecule has 0 saturated heterocycles. The van der Waals surface area contributed by atoms with Crippen molar-refractivity contribution in [2.24, 2.45) is 5.10 Å². The van der Waals surface area contributed by atoms with Gasteiger partial charge in [0.15, 0.2) is 5.43 Å². The first-order valence-corrected chi connectivity index (χ1v) is 10.2. The summed E-state index contributed by atoms with van der Waals surface area (Å²) < 4.78 is 7.59. The maximum atomic E-state index is 12.8. The molecule has 6 nitrogen and oxygen atoms in total. The number of carbonyl (C=O) groups excluding carboxylic acids is 1. The summed E-state index contributed by atoms with van der Waals surface area (Å²) in [5, 5.41) is 5.18. The molecule has 32 heavy (non-hydrogen) atoms. The number of hydrazone groups is 1. The van der Waals surface area contributed by atoms with Crippen molar-refractivity contribution in [1.82, 2.24) is 9.99 Å². The Morgan fingerprint density at radius 1 is 0.844 bits per heavy atom. The molecular weight excluding hydrogens is 402 g/mol. The molecule has 1 N–H and O–H groups in total. The van der Waals surface area contributed by atoms with Crippen LogP contribution >= 0.6 is 0 Å². The van der Waals surface area contributed by atoms with E-state index in [1.165, 1.54) is 6.21 Å². The van der Waals surface area contributed by atoms with Crippen molar-refractivity contribution in [3.8, 4) is 11.3 Å². The van der Waals surface area contributed by atoms with Crippen LogP contribution < -0.4 is 10.9 Å². The van der Waals surface area contributed by atoms with Crippen molar-refractivity contribution < 1.29 is 9.21 Å². The van der Waals surface area contributed by atoms with E-state index in [2.05, 4.69) is 10.5 Å². The van der Waals surface area contributed by atoms with Crippen LogP contribution in [0.1, 0.15) is 5.76 Å². The number of fused-ring (bicyclic) bond motifs is 2. The zero-order chi connectivity index (χ0) is 21.9. The number of pyridine rings is 1. The molecule has 5 aromatic rings. The number of amides is 1. The SMILES string of the molecule is O=C(Cn1c2ccccc2c(=O)c2ccccc21)N/N=C\c1ccc(-c2ccccc2)o1. The van der Waals surface area contributed by atoms with Gasteiger partial charge in [-0.05, 0) is 36.4 Å². The van der Waals surface area contributed by atoms with Crippen molar-refractivity contribution in [3.05, 3.63) is 107 Å². The molecule has 0 radical (unpaired) electrons. The van der Waals surface area contributed by atoms with Crippen molar-refractivity contribution in [3.63, 3.8) is 0 Å². The summed E-state index contributed by atoms with van der Waals surface area (Å²) in [5.74, 6) is 0.947. The molecule has 0 aliphatic rings. The molecule has 0 atom stereocenters. The number of carbonyl (C=O) groups is 1. The van der Waals surface area contributed by atoms with E-state index in [1.807, 2.05) is 77.4 Å². The average Bonchev–Trinajstić information content (AvgIpc) is 3.31. The van der Waals surface area contributed by atoms with Crippen LogP contribution in [0.3, 0.4) is 0 Å². The number of para-hydroxylation sites is 2. The number of hydrogen-bond donors (Lipinski definition) is 1. The summed E-state index contributed by atoms with van der Waals surface area (Å²) in [7, 11) is 0. The van der Waals surface area contributed by atoms with Crippen molar-refractivity contribution in [2.75, 3.05) is 0 Å². The van der Waals surface area contributed by atoms with Crippen LogP contribution in [0.25, 0.3) is 33.1 Å². The number of nitrogens with zero attached hydrogens (tertiary/aromatic N) is 2. The highest BCUT2D eigenvalue weighted by molar-refractivity contribution is 5.95. The number of benzene rings is 3. The van der Waals surface area contributed by atoms with Gasteiger partial charge in [-0.2, -0.15) is 5.10 Å². The molecule has 2 aromatic heterocycles. The second kappa shape index (κ2) is 8.35. The lowest BCUT2D eigenvalue weighted by Crippen LogP contribution is -2.25. The van der Waals surface area contributed by atoms with Gasteiger partial charge in [0, 0.05) is 16.3 Å². The van der Waals surface area contributed by atoms with Gasteiger partial charge in [0.1, 0.15) is 18.1 Å². The van der Waals surface area contributed by atoms with Gasteiger partial charge in [0.25, 0.3) is 5.91 Å². The molecule has 0 saturated carbocycles. The van der Waals surface area contributed by atoms with E-state index >= 15 is 0 Å². The lowest BCUT2D eigenvalue weighted by Gasteiger charge is -2.14. The minimum atomic E-state index is -0.310. The van der Waals surface area contributed by atoms with Crippen LogP contribution in [-0.4, -0.2) is 16.7 Å². The molecule has 0 aliphatic carbocycles. The van der Waals surface area contributed by atoms with Crippen LogP contribution in [0.5, 0.6) is 0 Å².